The first-order chi connectivity index (χ1) is 31.7. The fraction of sp³-hybridized carbons (Fsp3) is 0. The zero-order valence-electron chi connectivity index (χ0n) is 34.5. The van der Waals surface area contributed by atoms with Crippen LogP contribution in [-0.2, 0) is 0 Å². The Morgan fingerprint density at radius 3 is 1.56 bits per heavy atom. The molecule has 7 heteroatoms. The number of hydrogen-bond acceptors (Lipinski definition) is 5. The molecule has 12 aromatic rings. The van der Waals surface area contributed by atoms with Gasteiger partial charge >= 0.3 is 0 Å². The molecule has 64 heavy (non-hydrogen) atoms. The number of aromatic nitrogens is 7. The van der Waals surface area contributed by atoms with E-state index in [-0.39, 0.29) is 0 Å². The summed E-state index contributed by atoms with van der Waals surface area (Å²) in [6.07, 6.45) is 1.83. The van der Waals surface area contributed by atoms with Gasteiger partial charge in [-0.3, -0.25) is 9.13 Å². The van der Waals surface area contributed by atoms with Gasteiger partial charge in [-0.25, -0.2) is 15.0 Å². The molecule has 0 aliphatic heterocycles. The first-order valence-electron chi connectivity index (χ1n) is 21.3. The van der Waals surface area contributed by atoms with Crippen LogP contribution in [0.1, 0.15) is 0 Å². The van der Waals surface area contributed by atoms with Crippen molar-refractivity contribution in [3.63, 3.8) is 0 Å². The zero-order chi connectivity index (χ0) is 42.4. The minimum Gasteiger partial charge on any atom is -0.292 e. The Balaban J connectivity index is 1.05. The summed E-state index contributed by atoms with van der Waals surface area (Å²) in [7, 11) is 0. The normalized spacial score (nSPS) is 11.4. The fourth-order valence-electron chi connectivity index (χ4n) is 8.84. The molecule has 300 valence electrons. The second-order valence-electron chi connectivity index (χ2n) is 15.8. The van der Waals surface area contributed by atoms with Gasteiger partial charge in [-0.2, -0.15) is 9.97 Å². The second-order valence-corrected chi connectivity index (χ2v) is 15.8. The highest BCUT2D eigenvalue weighted by Gasteiger charge is 2.22. The Kier molecular flexibility index (Phi) is 9.01. The van der Waals surface area contributed by atoms with E-state index in [4.69, 9.17) is 24.9 Å². The van der Waals surface area contributed by atoms with E-state index < -0.39 is 0 Å². The van der Waals surface area contributed by atoms with Crippen LogP contribution in [0.25, 0.3) is 112 Å². The molecule has 0 amide bonds. The van der Waals surface area contributed by atoms with Crippen LogP contribution in [0, 0.1) is 0 Å². The molecule has 8 aromatic carbocycles. The Hall–Kier alpha value is -8.81. The number of fused-ring (bicyclic) bond motifs is 4. The standard InChI is InChI=1S/C57H37N7/c1-4-16-38(17-5-1)42-20-12-22-44(36-42)53-60-54(45-23-13-21-43(37-45)39-18-6-2-7-19-39)62-57(61-53)64-52-47(26-14-27-48(52)49-28-15-35-58-56(49)64)40-31-33-41(34-32-40)55-59-50-29-10-11-30-51(50)63(55)46-24-8-3-9-25-46/h1-37H. The molecule has 0 aliphatic rings. The van der Waals surface area contributed by atoms with Gasteiger partial charge in [0.2, 0.25) is 5.95 Å². The molecule has 0 fully saturated rings. The van der Waals surface area contributed by atoms with E-state index in [1.807, 2.05) is 36.5 Å². The molecule has 0 saturated heterocycles. The van der Waals surface area contributed by atoms with Gasteiger partial charge in [0.25, 0.3) is 0 Å². The molecule has 0 N–H and O–H groups in total. The number of hydrogen-bond donors (Lipinski definition) is 0. The quantitative estimate of drug-likeness (QED) is 0.153. The minimum absolute atomic E-state index is 0.481. The lowest BCUT2D eigenvalue weighted by Crippen LogP contribution is -2.07. The number of imidazole rings is 1. The minimum atomic E-state index is 0.481. The monoisotopic (exact) mass is 819 g/mol. The number of nitrogens with zero attached hydrogens (tertiary/aromatic N) is 7. The van der Waals surface area contributed by atoms with Gasteiger partial charge in [0.15, 0.2) is 11.6 Å². The summed E-state index contributed by atoms with van der Waals surface area (Å²) in [5, 5.41) is 2.06. The van der Waals surface area contributed by atoms with Gasteiger partial charge in [-0.05, 0) is 76.3 Å². The maximum Gasteiger partial charge on any atom is 0.240 e. The van der Waals surface area contributed by atoms with Crippen molar-refractivity contribution in [2.75, 3.05) is 0 Å². The van der Waals surface area contributed by atoms with Crippen molar-refractivity contribution in [1.82, 2.24) is 34.1 Å². The van der Waals surface area contributed by atoms with Crippen LogP contribution in [0.15, 0.2) is 225 Å². The summed E-state index contributed by atoms with van der Waals surface area (Å²) in [5.41, 5.74) is 14.0. The number of rotatable bonds is 8. The highest BCUT2D eigenvalue weighted by atomic mass is 15.2. The van der Waals surface area contributed by atoms with Gasteiger partial charge in [0, 0.05) is 44.9 Å². The summed E-state index contributed by atoms with van der Waals surface area (Å²) in [5.74, 6) is 2.50. The van der Waals surface area contributed by atoms with Gasteiger partial charge in [0.05, 0.1) is 16.6 Å². The highest BCUT2D eigenvalue weighted by molar-refractivity contribution is 6.12. The van der Waals surface area contributed by atoms with Crippen molar-refractivity contribution >= 4 is 33.0 Å². The molecule has 0 unspecified atom stereocenters. The molecule has 12 rings (SSSR count). The van der Waals surface area contributed by atoms with Gasteiger partial charge in [0.1, 0.15) is 11.5 Å². The lowest BCUT2D eigenvalue weighted by atomic mass is 10.0. The molecule has 0 radical (unpaired) electrons. The molecule has 0 atom stereocenters. The average Bonchev–Trinajstić information content (AvgIpc) is 3.94. The first-order valence-corrected chi connectivity index (χ1v) is 21.3. The van der Waals surface area contributed by atoms with Gasteiger partial charge in [-0.1, -0.05) is 170 Å². The van der Waals surface area contributed by atoms with E-state index in [9.17, 15) is 0 Å². The van der Waals surface area contributed by atoms with Crippen LogP contribution in [0.2, 0.25) is 0 Å². The van der Waals surface area contributed by atoms with E-state index >= 15 is 0 Å². The average molecular weight is 820 g/mol. The topological polar surface area (TPSA) is 74.3 Å². The fourth-order valence-corrected chi connectivity index (χ4v) is 8.84. The number of pyridine rings is 1. The van der Waals surface area contributed by atoms with E-state index in [0.717, 1.165) is 94.6 Å². The summed E-state index contributed by atoms with van der Waals surface area (Å²) >= 11 is 0. The Bertz CT molecular complexity index is 3550. The van der Waals surface area contributed by atoms with Crippen LogP contribution in [0.5, 0.6) is 0 Å². The SMILES string of the molecule is c1ccc(-c2cccc(-c3nc(-c4cccc(-c5ccccc5)c4)nc(-n4c5ncccc5c5cccc(-c6ccc(-c7nc8ccccc8n7-c7ccccc7)cc6)c54)n3)c2)cc1. The third-order valence-corrected chi connectivity index (χ3v) is 11.9. The third-order valence-electron chi connectivity index (χ3n) is 11.9. The summed E-state index contributed by atoms with van der Waals surface area (Å²) in [4.78, 5) is 26.0. The lowest BCUT2D eigenvalue weighted by Gasteiger charge is -2.14. The summed E-state index contributed by atoms with van der Waals surface area (Å²) in [6, 6.07) is 75.6. The third kappa shape index (κ3) is 6.51. The van der Waals surface area contributed by atoms with Gasteiger partial charge < -0.3 is 0 Å². The first kappa shape index (κ1) is 37.0. The number of para-hydroxylation sites is 4. The highest BCUT2D eigenvalue weighted by Crippen LogP contribution is 2.39. The van der Waals surface area contributed by atoms with E-state index in [1.165, 1.54) is 0 Å². The van der Waals surface area contributed by atoms with Crippen LogP contribution in [-0.4, -0.2) is 34.1 Å². The van der Waals surface area contributed by atoms with Gasteiger partial charge in [-0.15, -0.1) is 0 Å². The second kappa shape index (κ2) is 15.6. The largest absolute Gasteiger partial charge is 0.292 e. The molecule has 0 spiro atoms. The zero-order valence-corrected chi connectivity index (χ0v) is 34.5. The molecular weight excluding hydrogens is 783 g/mol. The van der Waals surface area contributed by atoms with Crippen molar-refractivity contribution in [1.29, 1.82) is 0 Å². The van der Waals surface area contributed by atoms with Crippen LogP contribution in [0.4, 0.5) is 0 Å². The predicted molar refractivity (Wildman–Crippen MR) is 259 cm³/mol. The maximum atomic E-state index is 5.32. The molecular formula is C57H37N7. The van der Waals surface area contributed by atoms with Crippen molar-refractivity contribution in [2.24, 2.45) is 0 Å². The Labute approximate surface area is 369 Å². The van der Waals surface area contributed by atoms with Crippen molar-refractivity contribution in [3.05, 3.63) is 225 Å². The Morgan fingerprint density at radius 2 is 0.891 bits per heavy atom. The smallest absolute Gasteiger partial charge is 0.240 e. The van der Waals surface area contributed by atoms with E-state index in [1.54, 1.807) is 0 Å². The van der Waals surface area contributed by atoms with E-state index in [0.29, 0.717) is 17.6 Å². The number of benzene rings is 8. The summed E-state index contributed by atoms with van der Waals surface area (Å²) in [6.45, 7) is 0. The van der Waals surface area contributed by atoms with Crippen molar-refractivity contribution < 1.29 is 0 Å². The molecule has 4 heterocycles. The molecule has 7 nitrogen and oxygen atoms in total. The van der Waals surface area contributed by atoms with Crippen molar-refractivity contribution in [2.45, 2.75) is 0 Å². The summed E-state index contributed by atoms with van der Waals surface area (Å²) < 4.78 is 4.34. The van der Waals surface area contributed by atoms with Crippen LogP contribution in [0.3, 0.4) is 0 Å². The van der Waals surface area contributed by atoms with Crippen LogP contribution >= 0.6 is 0 Å². The lowest BCUT2D eigenvalue weighted by molar-refractivity contribution is 0.944. The van der Waals surface area contributed by atoms with E-state index in [2.05, 4.69) is 197 Å². The molecule has 4 aromatic heterocycles. The molecule has 0 aliphatic carbocycles. The van der Waals surface area contributed by atoms with Crippen molar-refractivity contribution in [3.8, 4) is 79.2 Å². The molecule has 0 saturated carbocycles. The predicted octanol–water partition coefficient (Wildman–Crippen LogP) is 13.7. The maximum absolute atomic E-state index is 5.32. The molecule has 0 bridgehead atoms. The Morgan fingerprint density at radius 1 is 0.344 bits per heavy atom. The van der Waals surface area contributed by atoms with Crippen LogP contribution < -0.4 is 0 Å².